The van der Waals surface area contributed by atoms with E-state index < -0.39 is 12.2 Å². The molecule has 0 spiro atoms. The van der Waals surface area contributed by atoms with Crippen LogP contribution in [0.1, 0.15) is 50.7 Å². The molecule has 0 aliphatic heterocycles. The molecule has 3 N–H and O–H groups in total. The molecule has 3 heteroatoms. The van der Waals surface area contributed by atoms with E-state index in [9.17, 15) is 15.3 Å². The number of fused-ring (bicyclic) bond motifs is 3. The largest absolute Gasteiger partial charge is 0.508 e. The van der Waals surface area contributed by atoms with Crippen molar-refractivity contribution in [3.05, 3.63) is 41.5 Å². The molecule has 0 bridgehead atoms. The van der Waals surface area contributed by atoms with Gasteiger partial charge in [-0.25, -0.2) is 0 Å². The molecule has 0 aromatic heterocycles. The van der Waals surface area contributed by atoms with Gasteiger partial charge in [-0.3, -0.25) is 0 Å². The lowest BCUT2D eigenvalue weighted by atomic mass is 9.51. The van der Waals surface area contributed by atoms with Crippen LogP contribution in [0, 0.1) is 11.8 Å². The van der Waals surface area contributed by atoms with Crippen molar-refractivity contribution in [2.75, 3.05) is 0 Å². The summed E-state index contributed by atoms with van der Waals surface area (Å²) >= 11 is 0. The molecule has 3 rings (SSSR count). The maximum Gasteiger partial charge on any atom is 0.115 e. The lowest BCUT2D eigenvalue weighted by Gasteiger charge is -2.55. The number of hydrogen-bond donors (Lipinski definition) is 3. The van der Waals surface area contributed by atoms with Crippen LogP contribution in [0.2, 0.25) is 0 Å². The second-order valence-electron chi connectivity index (χ2n) is 7.23. The summed E-state index contributed by atoms with van der Waals surface area (Å²) in [5.41, 5.74) is 2.38. The minimum Gasteiger partial charge on any atom is -0.508 e. The summed E-state index contributed by atoms with van der Waals surface area (Å²) < 4.78 is 0. The predicted molar refractivity (Wildman–Crippen MR) is 91.4 cm³/mol. The van der Waals surface area contributed by atoms with E-state index in [1.807, 2.05) is 25.1 Å². The zero-order valence-electron chi connectivity index (χ0n) is 14.1. The van der Waals surface area contributed by atoms with Gasteiger partial charge in [-0.1, -0.05) is 25.1 Å². The number of allylic oxidation sites excluding steroid dienone is 2. The van der Waals surface area contributed by atoms with Crippen LogP contribution in [0.5, 0.6) is 5.75 Å². The third-order valence-corrected chi connectivity index (χ3v) is 6.26. The van der Waals surface area contributed by atoms with E-state index in [-0.39, 0.29) is 11.3 Å². The van der Waals surface area contributed by atoms with Crippen molar-refractivity contribution in [1.29, 1.82) is 0 Å². The Balaban J connectivity index is 2.07. The highest BCUT2D eigenvalue weighted by Crippen LogP contribution is 2.55. The molecule has 3 nitrogen and oxygen atoms in total. The standard InChI is InChI=1S/C20H28O3/c1-3-5-6-15-17-9-7-13-11-14(21)8-10-16(13)20(17,4-2)12-18(22)19(15)23/h3,5,8,10-11,15,17-19,21-23H,4,6-7,9,12H2,1-2H3/b5-3+/t15?,17-,18-,19-,20+/m1/s1. The predicted octanol–water partition coefficient (Wildman–Crippen LogP) is 3.31. The first kappa shape index (κ1) is 16.5. The number of rotatable bonds is 3. The molecule has 1 unspecified atom stereocenters. The molecule has 0 amide bonds. The first-order valence-corrected chi connectivity index (χ1v) is 8.83. The number of aryl methyl sites for hydroxylation is 1. The highest BCUT2D eigenvalue weighted by molar-refractivity contribution is 5.43. The Labute approximate surface area is 138 Å². The van der Waals surface area contributed by atoms with Crippen molar-refractivity contribution in [2.24, 2.45) is 11.8 Å². The van der Waals surface area contributed by atoms with Gasteiger partial charge >= 0.3 is 0 Å². The number of phenols is 1. The maximum absolute atomic E-state index is 10.6. The van der Waals surface area contributed by atoms with Gasteiger partial charge in [0.25, 0.3) is 0 Å². The summed E-state index contributed by atoms with van der Waals surface area (Å²) in [4.78, 5) is 0. The number of benzene rings is 1. The van der Waals surface area contributed by atoms with Gasteiger partial charge in [-0.15, -0.1) is 0 Å². The summed E-state index contributed by atoms with van der Waals surface area (Å²) in [5, 5.41) is 30.9. The quantitative estimate of drug-likeness (QED) is 0.750. The Morgan fingerprint density at radius 2 is 2.09 bits per heavy atom. The number of hydrogen-bond acceptors (Lipinski definition) is 3. The zero-order valence-corrected chi connectivity index (χ0v) is 14.1. The van der Waals surface area contributed by atoms with E-state index in [2.05, 4.69) is 13.0 Å². The lowest BCUT2D eigenvalue weighted by molar-refractivity contribution is -0.105. The van der Waals surface area contributed by atoms with Gasteiger partial charge < -0.3 is 15.3 Å². The number of phenolic OH excluding ortho intramolecular Hbond substituents is 1. The summed E-state index contributed by atoms with van der Waals surface area (Å²) in [6.07, 6.45) is 7.13. The van der Waals surface area contributed by atoms with E-state index in [1.165, 1.54) is 11.1 Å². The molecule has 1 fully saturated rings. The van der Waals surface area contributed by atoms with Crippen molar-refractivity contribution < 1.29 is 15.3 Å². The Bertz CT molecular complexity index is 595. The fraction of sp³-hybridized carbons (Fsp3) is 0.600. The zero-order chi connectivity index (χ0) is 16.6. The SMILES string of the molecule is C/C=C/CC1[C@@H](O)[C@H](O)C[C@@]2(CC)c3ccc(O)cc3CC[C@H]12. The number of aliphatic hydroxyl groups excluding tert-OH is 2. The van der Waals surface area contributed by atoms with Crippen molar-refractivity contribution in [3.63, 3.8) is 0 Å². The van der Waals surface area contributed by atoms with Crippen molar-refractivity contribution in [1.82, 2.24) is 0 Å². The second-order valence-corrected chi connectivity index (χ2v) is 7.23. The molecule has 0 saturated heterocycles. The van der Waals surface area contributed by atoms with Crippen LogP contribution in [0.3, 0.4) is 0 Å². The average Bonchev–Trinajstić information content (AvgIpc) is 2.55. The Hall–Kier alpha value is -1.32. The minimum atomic E-state index is -0.679. The molecular formula is C20H28O3. The van der Waals surface area contributed by atoms with Gasteiger partial charge in [-0.2, -0.15) is 0 Å². The molecule has 0 radical (unpaired) electrons. The molecule has 1 aromatic rings. The van der Waals surface area contributed by atoms with Crippen LogP contribution in [0.15, 0.2) is 30.4 Å². The van der Waals surface area contributed by atoms with Crippen LogP contribution in [0.4, 0.5) is 0 Å². The fourth-order valence-electron chi connectivity index (χ4n) is 5.16. The van der Waals surface area contributed by atoms with Crippen molar-refractivity contribution in [3.8, 4) is 5.75 Å². The van der Waals surface area contributed by atoms with E-state index in [1.54, 1.807) is 6.07 Å². The Morgan fingerprint density at radius 3 is 2.78 bits per heavy atom. The van der Waals surface area contributed by atoms with Crippen LogP contribution in [0.25, 0.3) is 0 Å². The first-order valence-electron chi connectivity index (χ1n) is 8.83. The van der Waals surface area contributed by atoms with E-state index in [0.717, 1.165) is 25.7 Å². The normalized spacial score (nSPS) is 36.7. The van der Waals surface area contributed by atoms with Gasteiger partial charge in [0.2, 0.25) is 0 Å². The second kappa shape index (κ2) is 6.29. The van der Waals surface area contributed by atoms with Crippen molar-refractivity contribution in [2.45, 2.75) is 63.6 Å². The third kappa shape index (κ3) is 2.60. The summed E-state index contributed by atoms with van der Waals surface area (Å²) in [7, 11) is 0. The maximum atomic E-state index is 10.6. The Kier molecular flexibility index (Phi) is 4.52. The first-order chi connectivity index (χ1) is 11.0. The summed E-state index contributed by atoms with van der Waals surface area (Å²) in [5.74, 6) is 0.784. The van der Waals surface area contributed by atoms with E-state index in [0.29, 0.717) is 18.1 Å². The molecule has 23 heavy (non-hydrogen) atoms. The summed E-state index contributed by atoms with van der Waals surface area (Å²) in [6.45, 7) is 4.18. The van der Waals surface area contributed by atoms with Crippen LogP contribution in [-0.4, -0.2) is 27.5 Å². The van der Waals surface area contributed by atoms with Crippen LogP contribution < -0.4 is 0 Å². The topological polar surface area (TPSA) is 60.7 Å². The van der Waals surface area contributed by atoms with Gasteiger partial charge in [-0.05, 0) is 74.1 Å². The highest BCUT2D eigenvalue weighted by Gasteiger charge is 2.53. The molecule has 1 aromatic carbocycles. The average molecular weight is 316 g/mol. The van der Waals surface area contributed by atoms with Crippen molar-refractivity contribution >= 4 is 0 Å². The fourth-order valence-corrected chi connectivity index (χ4v) is 5.16. The molecule has 126 valence electrons. The molecule has 5 atom stereocenters. The third-order valence-electron chi connectivity index (χ3n) is 6.26. The van der Waals surface area contributed by atoms with Crippen LogP contribution in [-0.2, 0) is 11.8 Å². The molecule has 1 saturated carbocycles. The number of aromatic hydroxyl groups is 1. The minimum absolute atomic E-state index is 0.0911. The van der Waals surface area contributed by atoms with E-state index >= 15 is 0 Å². The lowest BCUT2D eigenvalue weighted by Crippen LogP contribution is -2.56. The molecule has 2 aliphatic rings. The van der Waals surface area contributed by atoms with Gasteiger partial charge in [0.15, 0.2) is 0 Å². The monoisotopic (exact) mass is 316 g/mol. The number of aliphatic hydroxyl groups is 2. The van der Waals surface area contributed by atoms with Crippen LogP contribution >= 0.6 is 0 Å². The Morgan fingerprint density at radius 1 is 1.30 bits per heavy atom. The molecule has 2 aliphatic carbocycles. The molecular weight excluding hydrogens is 288 g/mol. The van der Waals surface area contributed by atoms with Gasteiger partial charge in [0.1, 0.15) is 5.75 Å². The van der Waals surface area contributed by atoms with Gasteiger partial charge in [0, 0.05) is 5.41 Å². The summed E-state index contributed by atoms with van der Waals surface area (Å²) in [6, 6.07) is 5.68. The smallest absolute Gasteiger partial charge is 0.115 e. The van der Waals surface area contributed by atoms with E-state index in [4.69, 9.17) is 0 Å². The van der Waals surface area contributed by atoms with Gasteiger partial charge in [0.05, 0.1) is 12.2 Å². The highest BCUT2D eigenvalue weighted by atomic mass is 16.3. The molecule has 0 heterocycles.